The fraction of sp³-hybridized carbons (Fsp3) is 0.368. The fourth-order valence-corrected chi connectivity index (χ4v) is 3.10. The zero-order valence-corrected chi connectivity index (χ0v) is 13.5. The van der Waals surface area contributed by atoms with Gasteiger partial charge in [0.05, 0.1) is 24.9 Å². The molecule has 1 unspecified atom stereocenters. The van der Waals surface area contributed by atoms with E-state index in [2.05, 4.69) is 34.5 Å². The molecular weight excluding hydrogens is 288 g/mol. The third kappa shape index (κ3) is 4.03. The third-order valence-electron chi connectivity index (χ3n) is 4.36. The average Bonchev–Trinajstić information content (AvgIpc) is 2.59. The van der Waals surface area contributed by atoms with Crippen molar-refractivity contribution in [2.45, 2.75) is 25.1 Å². The lowest BCUT2D eigenvalue weighted by molar-refractivity contribution is 0.0665. The van der Waals surface area contributed by atoms with Crippen LogP contribution in [0.4, 0.5) is 5.69 Å². The number of methoxy groups -OCH3 is 1. The Kier molecular flexibility index (Phi) is 5.16. The highest BCUT2D eigenvalue weighted by atomic mass is 16.5. The van der Waals surface area contributed by atoms with E-state index in [0.29, 0.717) is 0 Å². The number of aliphatic hydroxyl groups excluding tert-OH is 1. The molecule has 122 valence electrons. The molecule has 2 aromatic rings. The number of ether oxygens (including phenoxy) is 1. The second-order valence-corrected chi connectivity index (χ2v) is 6.03. The zero-order valence-electron chi connectivity index (χ0n) is 13.5. The molecule has 3 rings (SSSR count). The van der Waals surface area contributed by atoms with Gasteiger partial charge >= 0.3 is 0 Å². The predicted molar refractivity (Wildman–Crippen MR) is 92.7 cm³/mol. The van der Waals surface area contributed by atoms with E-state index < -0.39 is 0 Å². The molecule has 0 aromatic heterocycles. The van der Waals surface area contributed by atoms with Crippen LogP contribution in [0.25, 0.3) is 0 Å². The molecule has 2 aromatic carbocycles. The van der Waals surface area contributed by atoms with Gasteiger partial charge < -0.3 is 15.2 Å². The summed E-state index contributed by atoms with van der Waals surface area (Å²) >= 11 is 0. The summed E-state index contributed by atoms with van der Waals surface area (Å²) in [7, 11) is 1.67. The molecular formula is C19H24N2O2. The van der Waals surface area contributed by atoms with E-state index in [4.69, 9.17) is 4.74 Å². The Morgan fingerprint density at radius 1 is 1.13 bits per heavy atom. The number of hydrogen-bond acceptors (Lipinski definition) is 4. The first-order valence-electron chi connectivity index (χ1n) is 8.10. The summed E-state index contributed by atoms with van der Waals surface area (Å²) in [5.41, 5.74) is 2.24. The second-order valence-electron chi connectivity index (χ2n) is 6.03. The molecule has 23 heavy (non-hydrogen) atoms. The van der Waals surface area contributed by atoms with E-state index in [0.717, 1.165) is 37.5 Å². The minimum absolute atomic E-state index is 0.00348. The first-order chi connectivity index (χ1) is 11.3. The summed E-state index contributed by atoms with van der Waals surface area (Å²) < 4.78 is 5.39. The van der Waals surface area contributed by atoms with Crippen LogP contribution in [0.1, 0.15) is 12.0 Å². The fourth-order valence-electron chi connectivity index (χ4n) is 3.10. The van der Waals surface area contributed by atoms with Crippen molar-refractivity contribution in [3.8, 4) is 5.75 Å². The van der Waals surface area contributed by atoms with Gasteiger partial charge in [-0.05, 0) is 24.1 Å². The van der Waals surface area contributed by atoms with Gasteiger partial charge in [0.15, 0.2) is 0 Å². The maximum Gasteiger partial charge on any atom is 0.141 e. The number of piperidine rings is 1. The zero-order chi connectivity index (χ0) is 16.1. The molecule has 0 bridgehead atoms. The summed E-state index contributed by atoms with van der Waals surface area (Å²) in [6, 6.07) is 18.3. The first-order valence-corrected chi connectivity index (χ1v) is 8.10. The third-order valence-corrected chi connectivity index (χ3v) is 4.36. The quantitative estimate of drug-likeness (QED) is 0.891. The van der Waals surface area contributed by atoms with E-state index in [1.54, 1.807) is 7.11 Å². The Morgan fingerprint density at radius 2 is 1.87 bits per heavy atom. The number of para-hydroxylation sites is 2. The molecule has 4 nitrogen and oxygen atoms in total. The topological polar surface area (TPSA) is 44.7 Å². The van der Waals surface area contributed by atoms with Crippen molar-refractivity contribution in [1.82, 2.24) is 4.90 Å². The Hall–Kier alpha value is -2.04. The van der Waals surface area contributed by atoms with Gasteiger partial charge in [0.2, 0.25) is 0 Å². The average molecular weight is 312 g/mol. The number of aliphatic hydroxyl groups is 1. The van der Waals surface area contributed by atoms with Crippen LogP contribution in [0.15, 0.2) is 54.6 Å². The summed E-state index contributed by atoms with van der Waals surface area (Å²) in [4.78, 5) is 2.38. The SMILES string of the molecule is COc1ccccc1N[C@@H]1CN(Cc2ccccc2)CCC1O. The molecule has 1 fully saturated rings. The van der Waals surface area contributed by atoms with Gasteiger partial charge in [-0.25, -0.2) is 0 Å². The van der Waals surface area contributed by atoms with Gasteiger partial charge in [-0.3, -0.25) is 4.90 Å². The standard InChI is InChI=1S/C19H24N2O2/c1-23-19-10-6-5-9-16(19)20-17-14-21(12-11-18(17)22)13-15-7-3-2-4-8-15/h2-10,17-18,20,22H,11-14H2,1H3/t17-,18?/m1/s1. The Balaban J connectivity index is 1.66. The van der Waals surface area contributed by atoms with Crippen molar-refractivity contribution < 1.29 is 9.84 Å². The molecule has 1 saturated heterocycles. The lowest BCUT2D eigenvalue weighted by Gasteiger charge is -2.37. The van der Waals surface area contributed by atoms with E-state index in [1.165, 1.54) is 5.56 Å². The molecule has 0 amide bonds. The molecule has 0 saturated carbocycles. The molecule has 0 radical (unpaired) electrons. The van der Waals surface area contributed by atoms with Crippen molar-refractivity contribution >= 4 is 5.69 Å². The molecule has 1 aliphatic rings. The van der Waals surface area contributed by atoms with Gasteiger partial charge in [-0.15, -0.1) is 0 Å². The van der Waals surface area contributed by atoms with Crippen molar-refractivity contribution in [2.75, 3.05) is 25.5 Å². The maximum absolute atomic E-state index is 10.3. The van der Waals surface area contributed by atoms with Crippen LogP contribution in [0, 0.1) is 0 Å². The molecule has 0 aliphatic carbocycles. The Bertz CT molecular complexity index is 618. The number of nitrogens with one attached hydrogen (secondary N) is 1. The Morgan fingerprint density at radius 3 is 2.65 bits per heavy atom. The molecule has 4 heteroatoms. The first kappa shape index (κ1) is 15.8. The minimum Gasteiger partial charge on any atom is -0.495 e. The van der Waals surface area contributed by atoms with Gasteiger partial charge in [-0.2, -0.15) is 0 Å². The smallest absolute Gasteiger partial charge is 0.141 e. The lowest BCUT2D eigenvalue weighted by atomic mass is 10.0. The van der Waals surface area contributed by atoms with Crippen LogP contribution in [0.5, 0.6) is 5.75 Å². The second kappa shape index (κ2) is 7.49. The number of anilines is 1. The maximum atomic E-state index is 10.3. The van der Waals surface area contributed by atoms with Gasteiger partial charge in [-0.1, -0.05) is 42.5 Å². The van der Waals surface area contributed by atoms with Crippen molar-refractivity contribution in [3.63, 3.8) is 0 Å². The monoisotopic (exact) mass is 312 g/mol. The Labute approximate surface area is 137 Å². The van der Waals surface area contributed by atoms with E-state index >= 15 is 0 Å². The van der Waals surface area contributed by atoms with Gasteiger partial charge in [0.1, 0.15) is 5.75 Å². The minimum atomic E-state index is -0.341. The van der Waals surface area contributed by atoms with Crippen LogP contribution < -0.4 is 10.1 Å². The molecule has 2 N–H and O–H groups in total. The summed E-state index contributed by atoms with van der Waals surface area (Å²) in [5.74, 6) is 0.805. The van der Waals surface area contributed by atoms with E-state index in [1.807, 2.05) is 30.3 Å². The number of hydrogen-bond donors (Lipinski definition) is 2. The number of rotatable bonds is 5. The molecule has 2 atom stereocenters. The summed E-state index contributed by atoms with van der Waals surface area (Å²) in [6.45, 7) is 2.64. The highest BCUT2D eigenvalue weighted by molar-refractivity contribution is 5.57. The van der Waals surface area contributed by atoms with Crippen LogP contribution >= 0.6 is 0 Å². The number of benzene rings is 2. The predicted octanol–water partition coefficient (Wildman–Crippen LogP) is 2.74. The van der Waals surface area contributed by atoms with Gasteiger partial charge in [0, 0.05) is 19.6 Å². The number of likely N-dealkylation sites (tertiary alicyclic amines) is 1. The van der Waals surface area contributed by atoms with Crippen LogP contribution in [-0.2, 0) is 6.54 Å². The van der Waals surface area contributed by atoms with Crippen molar-refractivity contribution in [3.05, 3.63) is 60.2 Å². The normalized spacial score (nSPS) is 21.8. The lowest BCUT2D eigenvalue weighted by Crippen LogP contribution is -2.50. The summed E-state index contributed by atoms with van der Waals surface area (Å²) in [6.07, 6.45) is 0.437. The largest absolute Gasteiger partial charge is 0.495 e. The highest BCUT2D eigenvalue weighted by Crippen LogP contribution is 2.26. The molecule has 0 spiro atoms. The highest BCUT2D eigenvalue weighted by Gasteiger charge is 2.28. The molecule has 1 aliphatic heterocycles. The molecule has 1 heterocycles. The summed E-state index contributed by atoms with van der Waals surface area (Å²) in [5, 5.41) is 13.8. The van der Waals surface area contributed by atoms with Crippen LogP contribution in [0.3, 0.4) is 0 Å². The van der Waals surface area contributed by atoms with E-state index in [-0.39, 0.29) is 12.1 Å². The van der Waals surface area contributed by atoms with Crippen LogP contribution in [-0.4, -0.2) is 42.4 Å². The van der Waals surface area contributed by atoms with Gasteiger partial charge in [0.25, 0.3) is 0 Å². The van der Waals surface area contributed by atoms with Crippen LogP contribution in [0.2, 0.25) is 0 Å². The van der Waals surface area contributed by atoms with Crippen molar-refractivity contribution in [1.29, 1.82) is 0 Å². The van der Waals surface area contributed by atoms with Crippen molar-refractivity contribution in [2.24, 2.45) is 0 Å². The van der Waals surface area contributed by atoms with E-state index in [9.17, 15) is 5.11 Å². The number of nitrogens with zero attached hydrogens (tertiary/aromatic N) is 1.